The van der Waals surface area contributed by atoms with Crippen LogP contribution >= 0.6 is 0 Å². The lowest BCUT2D eigenvalue weighted by atomic mass is 10.2. The van der Waals surface area contributed by atoms with Gasteiger partial charge < -0.3 is 15.2 Å². The maximum Gasteiger partial charge on any atom is 0.156 e. The molecule has 6 nitrogen and oxygen atoms in total. The second kappa shape index (κ2) is 5.90. The summed E-state index contributed by atoms with van der Waals surface area (Å²) in [7, 11) is 1.86. The fourth-order valence-electron chi connectivity index (χ4n) is 1.88. The van der Waals surface area contributed by atoms with Crippen molar-refractivity contribution in [2.24, 2.45) is 0 Å². The largest absolute Gasteiger partial charge is 0.373 e. The molecular formula is C14H21N5O. The van der Waals surface area contributed by atoms with E-state index in [1.54, 1.807) is 0 Å². The maximum absolute atomic E-state index is 5.19. The zero-order valence-electron chi connectivity index (χ0n) is 12.6. The molecule has 108 valence electrons. The van der Waals surface area contributed by atoms with Crippen LogP contribution in [0.2, 0.25) is 0 Å². The molecule has 2 heterocycles. The van der Waals surface area contributed by atoms with Gasteiger partial charge in [-0.25, -0.2) is 9.97 Å². The Morgan fingerprint density at radius 1 is 1.20 bits per heavy atom. The molecule has 6 heteroatoms. The number of aromatic nitrogens is 3. The van der Waals surface area contributed by atoms with Gasteiger partial charge in [0.1, 0.15) is 17.5 Å². The maximum atomic E-state index is 5.19. The van der Waals surface area contributed by atoms with Gasteiger partial charge >= 0.3 is 0 Å². The van der Waals surface area contributed by atoms with Crippen LogP contribution in [0.4, 0.5) is 11.6 Å². The van der Waals surface area contributed by atoms with Gasteiger partial charge in [0.2, 0.25) is 0 Å². The molecule has 0 saturated carbocycles. The predicted molar refractivity (Wildman–Crippen MR) is 79.0 cm³/mol. The van der Waals surface area contributed by atoms with E-state index in [9.17, 15) is 0 Å². The van der Waals surface area contributed by atoms with Gasteiger partial charge in [-0.1, -0.05) is 19.0 Å². The first-order chi connectivity index (χ1) is 9.51. The minimum Gasteiger partial charge on any atom is -0.373 e. The summed E-state index contributed by atoms with van der Waals surface area (Å²) < 4.78 is 5.19. The summed E-state index contributed by atoms with van der Waals surface area (Å²) in [5, 5.41) is 10.3. The molecule has 0 amide bonds. The van der Waals surface area contributed by atoms with E-state index < -0.39 is 0 Å². The van der Waals surface area contributed by atoms with Gasteiger partial charge in [-0.15, -0.1) is 0 Å². The van der Waals surface area contributed by atoms with Crippen molar-refractivity contribution in [3.05, 3.63) is 28.9 Å². The van der Waals surface area contributed by atoms with E-state index in [0.717, 1.165) is 34.5 Å². The molecule has 0 saturated heterocycles. The van der Waals surface area contributed by atoms with Crippen molar-refractivity contribution in [3.8, 4) is 0 Å². The first kappa shape index (κ1) is 14.3. The van der Waals surface area contributed by atoms with E-state index >= 15 is 0 Å². The average Bonchev–Trinajstić information content (AvgIpc) is 2.83. The normalized spacial score (nSPS) is 10.9. The summed E-state index contributed by atoms with van der Waals surface area (Å²) in [6, 6.07) is 1.91. The Morgan fingerprint density at radius 2 is 1.90 bits per heavy atom. The molecule has 0 aliphatic rings. The van der Waals surface area contributed by atoms with E-state index in [2.05, 4.69) is 39.6 Å². The third kappa shape index (κ3) is 3.07. The Kier molecular flexibility index (Phi) is 4.22. The molecule has 2 N–H and O–H groups in total. The topological polar surface area (TPSA) is 75.9 Å². The highest BCUT2D eigenvalue weighted by Crippen LogP contribution is 2.23. The summed E-state index contributed by atoms with van der Waals surface area (Å²) in [4.78, 5) is 9.09. The van der Waals surface area contributed by atoms with Crippen LogP contribution in [0, 0.1) is 13.8 Å². The molecule has 0 unspecified atom stereocenters. The molecule has 2 rings (SSSR count). The SMILES string of the molecule is CNc1nc(C(C)C)nc(NCc2cc(C)no2)c1C. The van der Waals surface area contributed by atoms with Gasteiger partial charge in [-0.05, 0) is 13.8 Å². The van der Waals surface area contributed by atoms with Crippen LogP contribution in [0.5, 0.6) is 0 Å². The summed E-state index contributed by atoms with van der Waals surface area (Å²) >= 11 is 0. The fourth-order valence-corrected chi connectivity index (χ4v) is 1.88. The second-order valence-electron chi connectivity index (χ2n) is 5.10. The minimum absolute atomic E-state index is 0.274. The van der Waals surface area contributed by atoms with Crippen LogP contribution < -0.4 is 10.6 Å². The molecular weight excluding hydrogens is 254 g/mol. The van der Waals surface area contributed by atoms with Crippen molar-refractivity contribution in [1.82, 2.24) is 15.1 Å². The highest BCUT2D eigenvalue weighted by atomic mass is 16.5. The predicted octanol–water partition coefficient (Wildman–Crippen LogP) is 2.86. The van der Waals surface area contributed by atoms with Crippen molar-refractivity contribution in [2.45, 2.75) is 40.2 Å². The first-order valence-electron chi connectivity index (χ1n) is 6.73. The van der Waals surface area contributed by atoms with Gasteiger partial charge in [0.15, 0.2) is 5.76 Å². The molecule has 2 aromatic heterocycles. The zero-order valence-corrected chi connectivity index (χ0v) is 12.6. The van der Waals surface area contributed by atoms with Gasteiger partial charge in [-0.3, -0.25) is 0 Å². The third-order valence-electron chi connectivity index (χ3n) is 3.02. The van der Waals surface area contributed by atoms with Crippen LogP contribution in [0.15, 0.2) is 10.6 Å². The van der Waals surface area contributed by atoms with E-state index in [0.29, 0.717) is 6.54 Å². The number of anilines is 2. The minimum atomic E-state index is 0.274. The van der Waals surface area contributed by atoms with Crippen molar-refractivity contribution in [2.75, 3.05) is 17.7 Å². The summed E-state index contributed by atoms with van der Waals surface area (Å²) in [6.45, 7) is 8.60. The molecule has 0 bridgehead atoms. The number of hydrogen-bond acceptors (Lipinski definition) is 6. The van der Waals surface area contributed by atoms with Crippen LogP contribution in [-0.4, -0.2) is 22.2 Å². The molecule has 0 aliphatic carbocycles. The quantitative estimate of drug-likeness (QED) is 0.874. The van der Waals surface area contributed by atoms with Crippen LogP contribution in [-0.2, 0) is 6.54 Å². The van der Waals surface area contributed by atoms with Crippen molar-refractivity contribution in [3.63, 3.8) is 0 Å². The standard InChI is InChI=1S/C14H21N5O/c1-8(2)12-17-13(15-5)10(4)14(18-12)16-7-11-6-9(3)19-20-11/h6,8H,7H2,1-5H3,(H2,15,16,17,18). The van der Waals surface area contributed by atoms with E-state index in [-0.39, 0.29) is 5.92 Å². The molecule has 0 spiro atoms. The van der Waals surface area contributed by atoms with Gasteiger partial charge in [-0.2, -0.15) is 0 Å². The van der Waals surface area contributed by atoms with E-state index in [1.165, 1.54) is 0 Å². The monoisotopic (exact) mass is 275 g/mol. The van der Waals surface area contributed by atoms with Crippen molar-refractivity contribution in [1.29, 1.82) is 0 Å². The highest BCUT2D eigenvalue weighted by Gasteiger charge is 2.12. The molecule has 0 radical (unpaired) electrons. The Morgan fingerprint density at radius 3 is 2.45 bits per heavy atom. The number of nitrogens with one attached hydrogen (secondary N) is 2. The second-order valence-corrected chi connectivity index (χ2v) is 5.10. The Labute approximate surface area is 119 Å². The summed E-state index contributed by atoms with van der Waals surface area (Å²) in [5.41, 5.74) is 1.87. The Bertz CT molecular complexity index is 591. The number of rotatable bonds is 5. The van der Waals surface area contributed by atoms with Crippen molar-refractivity contribution < 1.29 is 4.52 Å². The lowest BCUT2D eigenvalue weighted by Gasteiger charge is -2.14. The number of aryl methyl sites for hydroxylation is 1. The zero-order chi connectivity index (χ0) is 14.7. The summed E-state index contributed by atoms with van der Waals surface area (Å²) in [5.74, 6) is 3.55. The Balaban J connectivity index is 2.23. The molecule has 0 aromatic carbocycles. The lowest BCUT2D eigenvalue weighted by Crippen LogP contribution is -2.10. The molecule has 0 fully saturated rings. The summed E-state index contributed by atoms with van der Waals surface area (Å²) in [6.07, 6.45) is 0. The lowest BCUT2D eigenvalue weighted by molar-refractivity contribution is 0.384. The third-order valence-corrected chi connectivity index (χ3v) is 3.02. The van der Waals surface area contributed by atoms with Gasteiger partial charge in [0.05, 0.1) is 12.2 Å². The number of hydrogen-bond donors (Lipinski definition) is 2. The molecule has 0 atom stereocenters. The van der Waals surface area contributed by atoms with Crippen LogP contribution in [0.25, 0.3) is 0 Å². The molecule has 0 aliphatic heterocycles. The van der Waals surface area contributed by atoms with E-state index in [1.807, 2.05) is 27.0 Å². The molecule has 2 aromatic rings. The van der Waals surface area contributed by atoms with E-state index in [4.69, 9.17) is 4.52 Å². The van der Waals surface area contributed by atoms with Crippen LogP contribution in [0.3, 0.4) is 0 Å². The Hall–Kier alpha value is -2.11. The van der Waals surface area contributed by atoms with Crippen molar-refractivity contribution >= 4 is 11.6 Å². The number of nitrogens with zero attached hydrogens (tertiary/aromatic N) is 3. The first-order valence-corrected chi connectivity index (χ1v) is 6.73. The fraction of sp³-hybridized carbons (Fsp3) is 0.500. The average molecular weight is 275 g/mol. The van der Waals surface area contributed by atoms with Gasteiger partial charge in [0, 0.05) is 24.6 Å². The van der Waals surface area contributed by atoms with Gasteiger partial charge in [0.25, 0.3) is 0 Å². The molecule has 20 heavy (non-hydrogen) atoms. The van der Waals surface area contributed by atoms with Crippen LogP contribution in [0.1, 0.15) is 42.6 Å². The smallest absolute Gasteiger partial charge is 0.156 e. The highest BCUT2D eigenvalue weighted by molar-refractivity contribution is 5.57.